The summed E-state index contributed by atoms with van der Waals surface area (Å²) in [6.07, 6.45) is -0.385. The fourth-order valence-electron chi connectivity index (χ4n) is 4.94. The number of carbonyl (C=O) groups excluding carboxylic acids is 3. The first-order valence-corrected chi connectivity index (χ1v) is 10.2. The molecule has 12 heteroatoms. The molecule has 6 unspecified atom stereocenters. The number of ether oxygens (including phenoxy) is 2. The minimum absolute atomic E-state index is 0.222. The van der Waals surface area contributed by atoms with Crippen molar-refractivity contribution in [2.75, 3.05) is 6.61 Å². The van der Waals surface area contributed by atoms with Crippen LogP contribution in [0.1, 0.15) is 27.2 Å². The number of likely N-dealkylation sites (tertiary alicyclic amines) is 1. The monoisotopic (exact) mass is 425 g/mol. The van der Waals surface area contributed by atoms with Gasteiger partial charge in [0.25, 0.3) is 0 Å². The Labute approximate surface area is 160 Å². The van der Waals surface area contributed by atoms with Crippen LogP contribution in [0.2, 0.25) is 0 Å². The van der Waals surface area contributed by atoms with Crippen LogP contribution in [0.5, 0.6) is 0 Å². The molecule has 0 spiro atoms. The van der Waals surface area contributed by atoms with Crippen LogP contribution in [0.25, 0.3) is 0 Å². The Balaban J connectivity index is 1.85. The molecule has 0 aromatic rings. The highest BCUT2D eigenvalue weighted by Crippen LogP contribution is 2.60. The molecule has 1 saturated heterocycles. The maximum Gasteiger partial charge on any atom is 0.402 e. The Hall–Kier alpha value is -1.82. The van der Waals surface area contributed by atoms with E-state index >= 15 is 0 Å². The number of carbonyl (C=O) groups is 3. The summed E-state index contributed by atoms with van der Waals surface area (Å²) < 4.78 is 66.5. The van der Waals surface area contributed by atoms with Gasteiger partial charge in [0.05, 0.1) is 17.9 Å². The summed E-state index contributed by atoms with van der Waals surface area (Å²) in [5.41, 5.74) is 0. The Morgan fingerprint density at radius 2 is 1.93 bits per heavy atom. The molecular weight excluding hydrogens is 404 g/mol. The zero-order chi connectivity index (χ0) is 21.2. The normalized spacial score (nSPS) is 34.2. The van der Waals surface area contributed by atoms with E-state index in [1.807, 2.05) is 0 Å². The second kappa shape index (κ2) is 6.61. The third-order valence-corrected chi connectivity index (χ3v) is 6.67. The molecule has 1 N–H and O–H groups in total. The van der Waals surface area contributed by atoms with Crippen LogP contribution in [0.4, 0.5) is 8.78 Å². The molecule has 1 heterocycles. The second-order valence-electron chi connectivity index (χ2n) is 7.74. The van der Waals surface area contributed by atoms with Crippen LogP contribution in [-0.2, 0) is 34.0 Å². The van der Waals surface area contributed by atoms with Crippen molar-refractivity contribution in [1.82, 2.24) is 4.90 Å². The molecule has 2 saturated carbocycles. The van der Waals surface area contributed by atoms with Gasteiger partial charge in [0, 0.05) is 18.9 Å². The van der Waals surface area contributed by atoms with Crippen molar-refractivity contribution >= 4 is 28.0 Å². The van der Waals surface area contributed by atoms with Gasteiger partial charge >= 0.3 is 27.3 Å². The molecule has 28 heavy (non-hydrogen) atoms. The molecule has 2 bridgehead atoms. The predicted octanol–water partition coefficient (Wildman–Crippen LogP) is 0.443. The van der Waals surface area contributed by atoms with Crippen LogP contribution in [-0.4, -0.2) is 65.8 Å². The average molecular weight is 425 g/mol. The molecule has 0 radical (unpaired) electrons. The van der Waals surface area contributed by atoms with Crippen LogP contribution in [0, 0.1) is 23.7 Å². The third-order valence-electron chi connectivity index (χ3n) is 5.80. The summed E-state index contributed by atoms with van der Waals surface area (Å²) in [6.45, 7) is 2.89. The maximum atomic E-state index is 13.4. The first kappa shape index (κ1) is 20.9. The Bertz CT molecular complexity index is 813. The van der Waals surface area contributed by atoms with Gasteiger partial charge in [-0.05, 0) is 26.2 Å². The Kier molecular flexibility index (Phi) is 4.94. The maximum absolute atomic E-state index is 13.4. The summed E-state index contributed by atoms with van der Waals surface area (Å²) >= 11 is 0. The molecule has 1 amide bonds. The average Bonchev–Trinajstić information content (AvgIpc) is 3.13. The molecule has 3 aliphatic rings. The minimum Gasteiger partial charge on any atom is -0.460 e. The quantitative estimate of drug-likeness (QED) is 0.480. The molecule has 158 valence electrons. The number of nitrogens with zero attached hydrogens (tertiary/aromatic N) is 1. The zero-order valence-electron chi connectivity index (χ0n) is 15.4. The molecule has 9 nitrogen and oxygen atoms in total. The van der Waals surface area contributed by atoms with E-state index in [1.165, 1.54) is 6.92 Å². The van der Waals surface area contributed by atoms with Gasteiger partial charge in [-0.3, -0.25) is 18.9 Å². The first-order valence-electron chi connectivity index (χ1n) is 8.79. The number of fused-ring (bicyclic) bond motifs is 1. The molecule has 1 aliphatic heterocycles. The molecular formula is C16H21F2NO8S. The van der Waals surface area contributed by atoms with Crippen LogP contribution in [0.15, 0.2) is 0 Å². The molecule has 3 fully saturated rings. The lowest BCUT2D eigenvalue weighted by Gasteiger charge is -2.35. The first-order chi connectivity index (χ1) is 12.8. The van der Waals surface area contributed by atoms with Crippen molar-refractivity contribution in [3.63, 3.8) is 0 Å². The molecule has 0 aromatic carbocycles. The lowest BCUT2D eigenvalue weighted by atomic mass is 9.78. The van der Waals surface area contributed by atoms with Crippen molar-refractivity contribution < 1.29 is 45.6 Å². The number of rotatable bonds is 6. The highest BCUT2D eigenvalue weighted by Gasteiger charge is 2.71. The van der Waals surface area contributed by atoms with Gasteiger partial charge < -0.3 is 14.4 Å². The van der Waals surface area contributed by atoms with Crippen molar-refractivity contribution in [2.24, 2.45) is 23.7 Å². The van der Waals surface area contributed by atoms with Gasteiger partial charge in [-0.1, -0.05) is 0 Å². The minimum atomic E-state index is -5.76. The Morgan fingerprint density at radius 1 is 1.32 bits per heavy atom. The van der Waals surface area contributed by atoms with Gasteiger partial charge in [-0.15, -0.1) is 0 Å². The van der Waals surface area contributed by atoms with Crippen molar-refractivity contribution in [2.45, 2.75) is 50.6 Å². The van der Waals surface area contributed by atoms with Gasteiger partial charge in [0.15, 0.2) is 6.61 Å². The van der Waals surface area contributed by atoms with Crippen LogP contribution >= 0.6 is 0 Å². The van der Waals surface area contributed by atoms with Crippen LogP contribution in [0.3, 0.4) is 0 Å². The van der Waals surface area contributed by atoms with E-state index in [1.54, 1.807) is 18.7 Å². The Morgan fingerprint density at radius 3 is 2.43 bits per heavy atom. The van der Waals surface area contributed by atoms with E-state index in [0.717, 1.165) is 0 Å². The highest BCUT2D eigenvalue weighted by atomic mass is 32.2. The highest BCUT2D eigenvalue weighted by molar-refractivity contribution is 7.86. The molecule has 6 atom stereocenters. The van der Waals surface area contributed by atoms with Gasteiger partial charge in [-0.2, -0.15) is 17.2 Å². The summed E-state index contributed by atoms with van der Waals surface area (Å²) in [5, 5.41) is -4.66. The van der Waals surface area contributed by atoms with E-state index in [4.69, 9.17) is 9.29 Å². The summed E-state index contributed by atoms with van der Waals surface area (Å²) in [5.74, 6) is -4.91. The number of amides is 1. The number of halogens is 2. The largest absolute Gasteiger partial charge is 0.460 e. The lowest BCUT2D eigenvalue weighted by molar-refractivity contribution is -0.165. The number of hydrogen-bond acceptors (Lipinski definition) is 7. The topological polar surface area (TPSA) is 127 Å². The molecule has 2 aliphatic carbocycles. The summed E-state index contributed by atoms with van der Waals surface area (Å²) in [6, 6.07) is -0.616. The van der Waals surface area contributed by atoms with E-state index < -0.39 is 63.8 Å². The van der Waals surface area contributed by atoms with Crippen LogP contribution < -0.4 is 0 Å². The SMILES string of the molecule is CC(=O)OC1C2CC3C(C(=O)N(C(C)C)C31)C2C(=O)OCC(F)(F)S(=O)(=O)O. The lowest BCUT2D eigenvalue weighted by Crippen LogP contribution is -2.48. The smallest absolute Gasteiger partial charge is 0.402 e. The van der Waals surface area contributed by atoms with E-state index in [0.29, 0.717) is 6.42 Å². The third kappa shape index (κ3) is 3.06. The van der Waals surface area contributed by atoms with E-state index in [9.17, 15) is 31.6 Å². The van der Waals surface area contributed by atoms with Crippen molar-refractivity contribution in [1.29, 1.82) is 0 Å². The van der Waals surface area contributed by atoms with E-state index in [2.05, 4.69) is 4.74 Å². The number of alkyl halides is 2. The number of esters is 2. The molecule has 3 rings (SSSR count). The zero-order valence-corrected chi connectivity index (χ0v) is 16.2. The van der Waals surface area contributed by atoms with Crippen molar-refractivity contribution in [3.8, 4) is 0 Å². The van der Waals surface area contributed by atoms with Gasteiger partial charge in [-0.25, -0.2) is 0 Å². The second-order valence-corrected chi connectivity index (χ2v) is 9.29. The summed E-state index contributed by atoms with van der Waals surface area (Å²) in [4.78, 5) is 38.4. The fraction of sp³-hybridized carbons (Fsp3) is 0.812. The van der Waals surface area contributed by atoms with Gasteiger partial charge in [0.2, 0.25) is 5.91 Å². The van der Waals surface area contributed by atoms with E-state index in [-0.39, 0.29) is 17.9 Å². The molecule has 0 aromatic heterocycles. The predicted molar refractivity (Wildman–Crippen MR) is 87.4 cm³/mol. The fourth-order valence-corrected chi connectivity index (χ4v) is 5.15. The van der Waals surface area contributed by atoms with Gasteiger partial charge in [0.1, 0.15) is 6.10 Å². The summed E-state index contributed by atoms with van der Waals surface area (Å²) in [7, 11) is -5.76. The standard InChI is InChI=1S/C16H21F2NO8S/c1-6(2)19-12-8-4-9(13(12)27-7(3)20)11(10(8)14(19)21)15(22)26-5-16(17,18)28(23,24)25/h6,8-13H,4-5H2,1-3H3,(H,23,24,25). The number of hydrogen-bond donors (Lipinski definition) is 1. The van der Waals surface area contributed by atoms with Crippen molar-refractivity contribution in [3.05, 3.63) is 0 Å².